The van der Waals surface area contributed by atoms with E-state index in [4.69, 9.17) is 19.8 Å². The fourth-order valence-corrected chi connectivity index (χ4v) is 1.87. The minimum Gasteiger partial charge on any atom is -0.473 e. The molecule has 1 aromatic heterocycles. The molecule has 1 rings (SSSR count). The summed E-state index contributed by atoms with van der Waals surface area (Å²) in [5, 5.41) is 14.8. The van der Waals surface area contributed by atoms with Crippen molar-refractivity contribution in [2.45, 2.75) is 19.8 Å². The van der Waals surface area contributed by atoms with E-state index < -0.39 is 22.0 Å². The molecule has 1 heterocycles. The van der Waals surface area contributed by atoms with Gasteiger partial charge in [-0.25, -0.2) is 22.7 Å². The summed E-state index contributed by atoms with van der Waals surface area (Å²) in [6.07, 6.45) is 3.42. The van der Waals surface area contributed by atoms with E-state index in [9.17, 15) is 8.42 Å². The molecule has 0 aliphatic carbocycles. The van der Waals surface area contributed by atoms with Gasteiger partial charge in [0.2, 0.25) is 10.0 Å². The van der Waals surface area contributed by atoms with Gasteiger partial charge in [0, 0.05) is 18.9 Å². The number of carbonyl (C=O) groups is 2. The van der Waals surface area contributed by atoms with E-state index in [1.165, 1.54) is 0 Å². The lowest BCUT2D eigenvalue weighted by atomic mass is 10.0. The van der Waals surface area contributed by atoms with Gasteiger partial charge in [-0.1, -0.05) is 6.92 Å². The topological polar surface area (TPSA) is 134 Å². The second kappa shape index (κ2) is 9.03. The van der Waals surface area contributed by atoms with E-state index in [1.807, 2.05) is 19.1 Å². The Hall–Kier alpha value is -2.00. The summed E-state index contributed by atoms with van der Waals surface area (Å²) >= 11 is 0. The van der Waals surface area contributed by atoms with Gasteiger partial charge in [-0.3, -0.25) is 4.98 Å². The highest BCUT2D eigenvalue weighted by Gasteiger charge is 2.10. The normalized spacial score (nSPS) is 11.9. The fourth-order valence-electron chi connectivity index (χ4n) is 1.16. The Morgan fingerprint density at radius 3 is 2.10 bits per heavy atom. The van der Waals surface area contributed by atoms with Crippen LogP contribution in [0.5, 0.6) is 0 Å². The second-order valence-corrected chi connectivity index (χ2v) is 6.14. The van der Waals surface area contributed by atoms with Gasteiger partial charge in [-0.15, -0.1) is 0 Å². The molecular weight excluding hydrogens is 300 g/mol. The Morgan fingerprint density at radius 1 is 1.24 bits per heavy atom. The van der Waals surface area contributed by atoms with Gasteiger partial charge in [0.25, 0.3) is 0 Å². The van der Waals surface area contributed by atoms with Crippen LogP contribution in [0, 0.1) is 0 Å². The standard InChI is InChI=1S/C10H16N2O2S.C2H2O4/c1-3-15(13,14)12-8-9(2)10-4-6-11-7-5-10;3-1(4)2(5)6/h4-7,9,12H,3,8H2,1-2H3;(H,3,4)(H,5,6). The third kappa shape index (κ3) is 8.71. The Balaban J connectivity index is 0.000000567. The molecule has 9 heteroatoms. The molecule has 0 saturated heterocycles. The number of carboxylic acid groups (broad SMARTS) is 2. The largest absolute Gasteiger partial charge is 0.473 e. The number of aliphatic carboxylic acids is 2. The SMILES string of the molecule is CCS(=O)(=O)NCC(C)c1ccncc1.O=C(O)C(=O)O. The summed E-state index contributed by atoms with van der Waals surface area (Å²) in [5.41, 5.74) is 1.09. The van der Waals surface area contributed by atoms with Crippen LogP contribution in [0.4, 0.5) is 0 Å². The number of carboxylic acids is 2. The average Bonchev–Trinajstić information content (AvgIpc) is 2.46. The molecule has 118 valence electrons. The van der Waals surface area contributed by atoms with Crippen LogP contribution < -0.4 is 4.72 Å². The lowest BCUT2D eigenvalue weighted by Gasteiger charge is -2.12. The van der Waals surface area contributed by atoms with Crippen LogP contribution in [-0.4, -0.2) is 47.9 Å². The number of nitrogens with zero attached hydrogens (tertiary/aromatic N) is 1. The number of pyridine rings is 1. The zero-order valence-electron chi connectivity index (χ0n) is 11.7. The van der Waals surface area contributed by atoms with Crippen LogP contribution in [0.1, 0.15) is 25.3 Å². The predicted octanol–water partition coefficient (Wildman–Crippen LogP) is 0.280. The molecule has 1 aromatic rings. The van der Waals surface area contributed by atoms with Crippen LogP contribution in [0.3, 0.4) is 0 Å². The van der Waals surface area contributed by atoms with Gasteiger partial charge in [-0.05, 0) is 30.5 Å². The van der Waals surface area contributed by atoms with Crippen molar-refractivity contribution in [1.29, 1.82) is 0 Å². The molecule has 0 radical (unpaired) electrons. The monoisotopic (exact) mass is 318 g/mol. The molecule has 0 bridgehead atoms. The molecule has 0 aliphatic heterocycles. The van der Waals surface area contributed by atoms with Crippen LogP contribution in [-0.2, 0) is 19.6 Å². The third-order valence-corrected chi connectivity index (χ3v) is 3.81. The van der Waals surface area contributed by atoms with Crippen molar-refractivity contribution in [2.24, 2.45) is 0 Å². The predicted molar refractivity (Wildman–Crippen MR) is 75.4 cm³/mol. The Labute approximate surface area is 122 Å². The molecule has 0 aromatic carbocycles. The molecule has 1 atom stereocenters. The highest BCUT2D eigenvalue weighted by atomic mass is 32.2. The van der Waals surface area contributed by atoms with Crippen molar-refractivity contribution in [3.63, 3.8) is 0 Å². The number of nitrogens with one attached hydrogen (secondary N) is 1. The molecule has 1 unspecified atom stereocenters. The molecule has 0 aliphatic rings. The summed E-state index contributed by atoms with van der Waals surface area (Å²) in [7, 11) is -3.09. The quantitative estimate of drug-likeness (QED) is 0.664. The maximum Gasteiger partial charge on any atom is 0.414 e. The molecule has 0 saturated carbocycles. The average molecular weight is 318 g/mol. The van der Waals surface area contributed by atoms with E-state index >= 15 is 0 Å². The Kier molecular flexibility index (Phi) is 8.17. The molecule has 0 fully saturated rings. The first-order valence-corrected chi connectivity index (χ1v) is 7.68. The summed E-state index contributed by atoms with van der Waals surface area (Å²) in [6, 6.07) is 3.79. The van der Waals surface area contributed by atoms with E-state index in [0.29, 0.717) is 6.54 Å². The van der Waals surface area contributed by atoms with E-state index in [-0.39, 0.29) is 11.7 Å². The van der Waals surface area contributed by atoms with Crippen LogP contribution in [0.25, 0.3) is 0 Å². The fraction of sp³-hybridized carbons (Fsp3) is 0.417. The van der Waals surface area contributed by atoms with E-state index in [2.05, 4.69) is 9.71 Å². The first-order valence-electron chi connectivity index (χ1n) is 6.03. The minimum atomic E-state index is -3.09. The Morgan fingerprint density at radius 2 is 1.71 bits per heavy atom. The molecule has 0 amide bonds. The van der Waals surface area contributed by atoms with Gasteiger partial charge < -0.3 is 10.2 Å². The van der Waals surface area contributed by atoms with E-state index in [0.717, 1.165) is 5.56 Å². The lowest BCUT2D eigenvalue weighted by Crippen LogP contribution is -2.28. The molecule has 8 nitrogen and oxygen atoms in total. The number of sulfonamides is 1. The first kappa shape index (κ1) is 19.0. The smallest absolute Gasteiger partial charge is 0.414 e. The van der Waals surface area contributed by atoms with Gasteiger partial charge in [0.05, 0.1) is 5.75 Å². The lowest BCUT2D eigenvalue weighted by molar-refractivity contribution is -0.159. The van der Waals surface area contributed by atoms with Crippen molar-refractivity contribution in [3.8, 4) is 0 Å². The third-order valence-electron chi connectivity index (χ3n) is 2.45. The summed E-state index contributed by atoms with van der Waals surface area (Å²) in [4.78, 5) is 22.1. The van der Waals surface area contributed by atoms with Crippen molar-refractivity contribution in [1.82, 2.24) is 9.71 Å². The van der Waals surface area contributed by atoms with Crippen molar-refractivity contribution >= 4 is 22.0 Å². The second-order valence-electron chi connectivity index (χ2n) is 4.04. The van der Waals surface area contributed by atoms with Crippen molar-refractivity contribution < 1.29 is 28.2 Å². The van der Waals surface area contributed by atoms with Gasteiger partial charge >= 0.3 is 11.9 Å². The zero-order valence-corrected chi connectivity index (χ0v) is 12.5. The van der Waals surface area contributed by atoms with E-state index in [1.54, 1.807) is 19.3 Å². The maximum atomic E-state index is 11.2. The first-order chi connectivity index (χ1) is 9.69. The zero-order chi connectivity index (χ0) is 16.5. The number of hydrogen-bond acceptors (Lipinski definition) is 5. The highest BCUT2D eigenvalue weighted by molar-refractivity contribution is 7.89. The van der Waals surface area contributed by atoms with Crippen LogP contribution >= 0.6 is 0 Å². The molecular formula is C12H18N2O6S. The minimum absolute atomic E-state index is 0.121. The molecule has 21 heavy (non-hydrogen) atoms. The van der Waals surface area contributed by atoms with Crippen molar-refractivity contribution in [2.75, 3.05) is 12.3 Å². The highest BCUT2D eigenvalue weighted by Crippen LogP contribution is 2.12. The number of rotatable bonds is 5. The van der Waals surface area contributed by atoms with Gasteiger partial charge in [0.15, 0.2) is 0 Å². The molecule has 3 N–H and O–H groups in total. The van der Waals surface area contributed by atoms with Crippen LogP contribution in [0.2, 0.25) is 0 Å². The van der Waals surface area contributed by atoms with Crippen LogP contribution in [0.15, 0.2) is 24.5 Å². The van der Waals surface area contributed by atoms with Crippen molar-refractivity contribution in [3.05, 3.63) is 30.1 Å². The Bertz CT molecular complexity index is 546. The maximum absolute atomic E-state index is 11.2. The number of aromatic nitrogens is 1. The molecule has 0 spiro atoms. The number of hydrogen-bond donors (Lipinski definition) is 3. The summed E-state index contributed by atoms with van der Waals surface area (Å²) in [5.74, 6) is -3.37. The summed E-state index contributed by atoms with van der Waals surface area (Å²) in [6.45, 7) is 4.03. The van der Waals surface area contributed by atoms with Gasteiger partial charge in [-0.2, -0.15) is 0 Å². The van der Waals surface area contributed by atoms with Gasteiger partial charge in [0.1, 0.15) is 0 Å². The summed E-state index contributed by atoms with van der Waals surface area (Å²) < 4.78 is 25.0.